The van der Waals surface area contributed by atoms with Crippen LogP contribution in [0.15, 0.2) is 0 Å². The molecule has 3 heteroatoms. The molecule has 0 saturated carbocycles. The number of nitrogens with zero attached hydrogens (tertiary/aromatic N) is 2. The summed E-state index contributed by atoms with van der Waals surface area (Å²) in [4.78, 5) is 5.10. The molecule has 0 radical (unpaired) electrons. The molecule has 0 aliphatic carbocycles. The van der Waals surface area contributed by atoms with Crippen molar-refractivity contribution in [3.05, 3.63) is 0 Å². The summed E-state index contributed by atoms with van der Waals surface area (Å²) in [5.41, 5.74) is 6.30. The first-order valence-electron chi connectivity index (χ1n) is 7.14. The molecule has 1 saturated heterocycles. The van der Waals surface area contributed by atoms with E-state index in [9.17, 15) is 0 Å². The lowest BCUT2D eigenvalue weighted by Gasteiger charge is -2.42. The number of nitrogens with two attached hydrogens (primary N) is 1. The predicted molar refractivity (Wildman–Crippen MR) is 75.2 cm³/mol. The molecule has 2 atom stereocenters. The molecule has 0 aromatic heterocycles. The molecule has 1 heterocycles. The normalized spacial score (nSPS) is 28.2. The van der Waals surface area contributed by atoms with E-state index in [2.05, 4.69) is 44.5 Å². The fourth-order valence-electron chi connectivity index (χ4n) is 3.01. The van der Waals surface area contributed by atoms with Gasteiger partial charge in [0.2, 0.25) is 0 Å². The topological polar surface area (TPSA) is 32.5 Å². The molecule has 1 rings (SSSR count). The first kappa shape index (κ1) is 14.9. The zero-order valence-corrected chi connectivity index (χ0v) is 12.4. The van der Waals surface area contributed by atoms with Crippen LogP contribution in [0.2, 0.25) is 0 Å². The fourth-order valence-corrected chi connectivity index (χ4v) is 3.01. The van der Waals surface area contributed by atoms with E-state index in [1.54, 1.807) is 0 Å². The first-order valence-corrected chi connectivity index (χ1v) is 7.14. The quantitative estimate of drug-likeness (QED) is 0.771. The average Bonchev–Trinajstić information content (AvgIpc) is 2.74. The minimum absolute atomic E-state index is 0.207. The molecule has 0 spiro atoms. The van der Waals surface area contributed by atoms with Crippen molar-refractivity contribution in [2.24, 2.45) is 5.73 Å². The Morgan fingerprint density at radius 3 is 2.41 bits per heavy atom. The van der Waals surface area contributed by atoms with Crippen LogP contribution in [0.3, 0.4) is 0 Å². The summed E-state index contributed by atoms with van der Waals surface area (Å²) in [6, 6.07) is 1.27. The van der Waals surface area contributed by atoms with Crippen molar-refractivity contribution < 1.29 is 0 Å². The standard InChI is InChI=1S/C14H31N3/c1-6-7-13(4)16(5)14(10-15)8-9-17(11-14)12(2)3/h12-13H,6-11,15H2,1-5H3. The summed E-state index contributed by atoms with van der Waals surface area (Å²) in [5, 5.41) is 0. The van der Waals surface area contributed by atoms with E-state index in [4.69, 9.17) is 5.73 Å². The van der Waals surface area contributed by atoms with Gasteiger partial charge in [0.25, 0.3) is 0 Å². The number of hydrogen-bond acceptors (Lipinski definition) is 3. The Morgan fingerprint density at radius 1 is 1.35 bits per heavy atom. The average molecular weight is 241 g/mol. The first-order chi connectivity index (χ1) is 7.96. The maximum atomic E-state index is 6.10. The predicted octanol–water partition coefficient (Wildman–Crippen LogP) is 1.92. The van der Waals surface area contributed by atoms with Crippen molar-refractivity contribution in [2.45, 2.75) is 64.6 Å². The van der Waals surface area contributed by atoms with Gasteiger partial charge in [-0.05, 0) is 40.7 Å². The smallest absolute Gasteiger partial charge is 0.0470 e. The Kier molecular flexibility index (Phi) is 5.42. The van der Waals surface area contributed by atoms with E-state index in [0.717, 1.165) is 13.1 Å². The van der Waals surface area contributed by atoms with Crippen LogP contribution < -0.4 is 5.73 Å². The van der Waals surface area contributed by atoms with E-state index < -0.39 is 0 Å². The van der Waals surface area contributed by atoms with Crippen LogP contribution >= 0.6 is 0 Å². The lowest BCUT2D eigenvalue weighted by atomic mass is 9.94. The molecule has 102 valence electrons. The van der Waals surface area contributed by atoms with Crippen molar-refractivity contribution >= 4 is 0 Å². The Bertz CT molecular complexity index is 230. The fraction of sp³-hybridized carbons (Fsp3) is 1.00. The zero-order valence-electron chi connectivity index (χ0n) is 12.4. The Balaban J connectivity index is 2.70. The Morgan fingerprint density at radius 2 is 2.00 bits per heavy atom. The highest BCUT2D eigenvalue weighted by molar-refractivity contribution is 5.01. The molecule has 0 bridgehead atoms. The molecular formula is C14H31N3. The van der Waals surface area contributed by atoms with Crippen molar-refractivity contribution in [1.29, 1.82) is 0 Å². The zero-order chi connectivity index (χ0) is 13.1. The molecule has 1 aliphatic heterocycles. The molecule has 0 aromatic rings. The second-order valence-electron chi connectivity index (χ2n) is 5.99. The molecule has 2 unspecified atom stereocenters. The van der Waals surface area contributed by atoms with Crippen LogP contribution in [0.5, 0.6) is 0 Å². The molecule has 1 fully saturated rings. The van der Waals surface area contributed by atoms with Crippen LogP contribution in [-0.2, 0) is 0 Å². The van der Waals surface area contributed by atoms with E-state index in [-0.39, 0.29) is 5.54 Å². The number of likely N-dealkylation sites (tertiary alicyclic amines) is 1. The summed E-state index contributed by atoms with van der Waals surface area (Å²) in [6.45, 7) is 12.3. The minimum Gasteiger partial charge on any atom is -0.329 e. The number of hydrogen-bond donors (Lipinski definition) is 1. The SMILES string of the molecule is CCCC(C)N(C)C1(CN)CCN(C(C)C)C1. The summed E-state index contributed by atoms with van der Waals surface area (Å²) in [5.74, 6) is 0. The minimum atomic E-state index is 0.207. The molecule has 2 N–H and O–H groups in total. The van der Waals surface area contributed by atoms with Crippen LogP contribution in [0.4, 0.5) is 0 Å². The summed E-state index contributed by atoms with van der Waals surface area (Å²) < 4.78 is 0. The van der Waals surface area contributed by atoms with Gasteiger partial charge in [0.15, 0.2) is 0 Å². The lowest BCUT2D eigenvalue weighted by Crippen LogP contribution is -2.57. The highest BCUT2D eigenvalue weighted by Gasteiger charge is 2.42. The van der Waals surface area contributed by atoms with E-state index >= 15 is 0 Å². The molecule has 17 heavy (non-hydrogen) atoms. The third-order valence-electron chi connectivity index (χ3n) is 4.59. The molecule has 1 aliphatic rings. The highest BCUT2D eigenvalue weighted by Crippen LogP contribution is 2.29. The van der Waals surface area contributed by atoms with Crippen molar-refractivity contribution in [1.82, 2.24) is 9.80 Å². The largest absolute Gasteiger partial charge is 0.329 e. The lowest BCUT2D eigenvalue weighted by molar-refractivity contribution is 0.0812. The maximum absolute atomic E-state index is 6.10. The summed E-state index contributed by atoms with van der Waals surface area (Å²) in [6.07, 6.45) is 3.73. The van der Waals surface area contributed by atoms with Crippen LogP contribution in [0.25, 0.3) is 0 Å². The van der Waals surface area contributed by atoms with E-state index in [1.165, 1.54) is 25.8 Å². The van der Waals surface area contributed by atoms with Gasteiger partial charge in [0.05, 0.1) is 0 Å². The van der Waals surface area contributed by atoms with Crippen molar-refractivity contribution in [3.8, 4) is 0 Å². The van der Waals surface area contributed by atoms with Gasteiger partial charge in [-0.25, -0.2) is 0 Å². The van der Waals surface area contributed by atoms with Crippen molar-refractivity contribution in [3.63, 3.8) is 0 Å². The van der Waals surface area contributed by atoms with Crippen molar-refractivity contribution in [2.75, 3.05) is 26.7 Å². The molecule has 0 aromatic carbocycles. The number of rotatable bonds is 6. The summed E-state index contributed by atoms with van der Waals surface area (Å²) >= 11 is 0. The Labute approximate surface area is 107 Å². The van der Waals surface area contributed by atoms with Crippen LogP contribution in [0, 0.1) is 0 Å². The van der Waals surface area contributed by atoms with Gasteiger partial charge < -0.3 is 5.73 Å². The van der Waals surface area contributed by atoms with E-state index in [0.29, 0.717) is 12.1 Å². The maximum Gasteiger partial charge on any atom is 0.0470 e. The second-order valence-corrected chi connectivity index (χ2v) is 5.99. The number of likely N-dealkylation sites (N-methyl/N-ethyl adjacent to an activating group) is 1. The highest BCUT2D eigenvalue weighted by atomic mass is 15.3. The van der Waals surface area contributed by atoms with Gasteiger partial charge in [0.1, 0.15) is 0 Å². The van der Waals surface area contributed by atoms with Crippen LogP contribution in [-0.4, -0.2) is 54.1 Å². The van der Waals surface area contributed by atoms with Gasteiger partial charge in [-0.3, -0.25) is 9.80 Å². The molecular weight excluding hydrogens is 210 g/mol. The second kappa shape index (κ2) is 6.17. The Hall–Kier alpha value is -0.120. The third kappa shape index (κ3) is 3.21. The van der Waals surface area contributed by atoms with Gasteiger partial charge in [-0.15, -0.1) is 0 Å². The summed E-state index contributed by atoms with van der Waals surface area (Å²) in [7, 11) is 2.26. The van der Waals surface area contributed by atoms with Gasteiger partial charge >= 0.3 is 0 Å². The molecule has 3 nitrogen and oxygen atoms in total. The van der Waals surface area contributed by atoms with Gasteiger partial charge in [-0.2, -0.15) is 0 Å². The van der Waals surface area contributed by atoms with Crippen LogP contribution in [0.1, 0.15) is 47.0 Å². The van der Waals surface area contributed by atoms with E-state index in [1.807, 2.05) is 0 Å². The molecule has 0 amide bonds. The third-order valence-corrected chi connectivity index (χ3v) is 4.59. The van der Waals surface area contributed by atoms with Gasteiger partial charge in [0, 0.05) is 37.3 Å². The monoisotopic (exact) mass is 241 g/mol. The van der Waals surface area contributed by atoms with Gasteiger partial charge in [-0.1, -0.05) is 13.3 Å².